The van der Waals surface area contributed by atoms with Gasteiger partial charge in [-0.1, -0.05) is 18.2 Å². The minimum Gasteiger partial charge on any atom is -0.399 e. The van der Waals surface area contributed by atoms with Crippen LogP contribution in [-0.2, 0) is 4.79 Å². The number of hydrazone groups is 1. The monoisotopic (exact) mass is 379 g/mol. The molecule has 0 saturated heterocycles. The van der Waals surface area contributed by atoms with Crippen LogP contribution in [0.4, 0.5) is 16.5 Å². The first-order valence-electron chi connectivity index (χ1n) is 8.05. The van der Waals surface area contributed by atoms with E-state index in [1.54, 1.807) is 29.6 Å². The van der Waals surface area contributed by atoms with Crippen LogP contribution in [0.2, 0.25) is 0 Å². The number of nitrogens with two attached hydrogens (primary N) is 1. The number of amides is 2. The van der Waals surface area contributed by atoms with Crippen molar-refractivity contribution >= 4 is 45.9 Å². The molecule has 3 aromatic rings. The molecule has 7 nitrogen and oxygen atoms in total. The first-order valence-corrected chi connectivity index (χ1v) is 8.93. The van der Waals surface area contributed by atoms with Crippen LogP contribution in [0.5, 0.6) is 0 Å². The molecular weight excluding hydrogens is 362 g/mol. The maximum Gasteiger partial charge on any atom is 0.271 e. The second-order valence-electron chi connectivity index (χ2n) is 5.57. The van der Waals surface area contributed by atoms with Gasteiger partial charge in [0.2, 0.25) is 5.91 Å². The van der Waals surface area contributed by atoms with Gasteiger partial charge in [-0.05, 0) is 36.4 Å². The fraction of sp³-hybridized carbons (Fsp3) is 0.0526. The second kappa shape index (κ2) is 8.24. The number of nitrogens with one attached hydrogen (secondary N) is 1. The number of carbonyl (C=O) groups is 2. The SMILES string of the molecule is CC(=O)N(c1ccccc1)c1nc(/C=N\NC(=O)c2ccc(N)cc2)cs1. The summed E-state index contributed by atoms with van der Waals surface area (Å²) in [6.45, 7) is 1.48. The van der Waals surface area contributed by atoms with Crippen LogP contribution >= 0.6 is 11.3 Å². The number of nitrogen functional groups attached to an aromatic ring is 1. The Morgan fingerprint density at radius 2 is 1.85 bits per heavy atom. The van der Waals surface area contributed by atoms with Gasteiger partial charge >= 0.3 is 0 Å². The van der Waals surface area contributed by atoms with Gasteiger partial charge in [0.25, 0.3) is 5.91 Å². The molecule has 3 N–H and O–H groups in total. The standard InChI is InChI=1S/C19H17N5O2S/c1-13(25)24(17-5-3-2-4-6-17)19-22-16(12-27-19)11-21-23-18(26)14-7-9-15(20)10-8-14/h2-12H,20H2,1H3,(H,23,26)/b21-11-. The van der Waals surface area contributed by atoms with Crippen molar-refractivity contribution in [3.8, 4) is 0 Å². The molecule has 0 aliphatic rings. The Labute approximate surface area is 160 Å². The summed E-state index contributed by atoms with van der Waals surface area (Å²) in [5.41, 5.74) is 10.3. The number of thiazole rings is 1. The lowest BCUT2D eigenvalue weighted by atomic mass is 10.2. The summed E-state index contributed by atoms with van der Waals surface area (Å²) >= 11 is 1.31. The molecule has 0 radical (unpaired) electrons. The summed E-state index contributed by atoms with van der Waals surface area (Å²) in [5.74, 6) is -0.493. The topological polar surface area (TPSA) is 101 Å². The molecule has 0 aliphatic carbocycles. The number of nitrogens with zero attached hydrogens (tertiary/aromatic N) is 3. The Kier molecular flexibility index (Phi) is 5.58. The quantitative estimate of drug-likeness (QED) is 0.404. The summed E-state index contributed by atoms with van der Waals surface area (Å²) in [6, 6.07) is 15.8. The van der Waals surface area contributed by atoms with E-state index < -0.39 is 0 Å². The number of carbonyl (C=O) groups excluding carboxylic acids is 2. The molecule has 0 aliphatic heterocycles. The lowest BCUT2D eigenvalue weighted by Gasteiger charge is -2.17. The highest BCUT2D eigenvalue weighted by Gasteiger charge is 2.17. The zero-order chi connectivity index (χ0) is 19.2. The molecule has 2 aromatic carbocycles. The number of hydrogen-bond donors (Lipinski definition) is 2. The maximum absolute atomic E-state index is 12.0. The fourth-order valence-electron chi connectivity index (χ4n) is 2.30. The van der Waals surface area contributed by atoms with Crippen molar-refractivity contribution in [1.82, 2.24) is 10.4 Å². The summed E-state index contributed by atoms with van der Waals surface area (Å²) in [4.78, 5) is 29.9. The van der Waals surface area contributed by atoms with Crippen LogP contribution in [0.3, 0.4) is 0 Å². The number of rotatable bonds is 5. The Bertz CT molecular complexity index is 967. The summed E-state index contributed by atoms with van der Waals surface area (Å²) < 4.78 is 0. The van der Waals surface area contributed by atoms with E-state index in [0.29, 0.717) is 22.1 Å². The largest absolute Gasteiger partial charge is 0.399 e. The molecule has 0 unspecified atom stereocenters. The van der Waals surface area contributed by atoms with Crippen LogP contribution in [0, 0.1) is 0 Å². The Hall–Kier alpha value is -3.52. The number of anilines is 3. The summed E-state index contributed by atoms with van der Waals surface area (Å²) in [5, 5.41) is 6.20. The smallest absolute Gasteiger partial charge is 0.271 e. The molecule has 8 heteroatoms. The summed E-state index contributed by atoms with van der Waals surface area (Å²) in [6.07, 6.45) is 1.43. The lowest BCUT2D eigenvalue weighted by Crippen LogP contribution is -2.22. The van der Waals surface area contributed by atoms with Gasteiger partial charge in [0.15, 0.2) is 5.13 Å². The predicted octanol–water partition coefficient (Wildman–Crippen LogP) is 3.17. The van der Waals surface area contributed by atoms with Crippen molar-refractivity contribution < 1.29 is 9.59 Å². The zero-order valence-electron chi connectivity index (χ0n) is 14.5. The van der Waals surface area contributed by atoms with Crippen molar-refractivity contribution in [2.45, 2.75) is 6.92 Å². The average Bonchev–Trinajstić information content (AvgIpc) is 3.11. The molecule has 1 heterocycles. The third-order valence-corrected chi connectivity index (χ3v) is 4.41. The highest BCUT2D eigenvalue weighted by atomic mass is 32.1. The van der Waals surface area contributed by atoms with Crippen LogP contribution in [-0.4, -0.2) is 23.0 Å². The zero-order valence-corrected chi connectivity index (χ0v) is 15.3. The van der Waals surface area contributed by atoms with Crippen molar-refractivity contribution in [3.63, 3.8) is 0 Å². The Morgan fingerprint density at radius 3 is 2.52 bits per heavy atom. The highest BCUT2D eigenvalue weighted by Crippen LogP contribution is 2.28. The molecule has 136 valence electrons. The molecule has 0 spiro atoms. The van der Waals surface area contributed by atoms with E-state index in [1.165, 1.54) is 29.4 Å². The molecular formula is C19H17N5O2S. The van der Waals surface area contributed by atoms with Gasteiger partial charge in [0, 0.05) is 23.6 Å². The third-order valence-electron chi connectivity index (χ3n) is 3.57. The van der Waals surface area contributed by atoms with Crippen molar-refractivity contribution in [3.05, 3.63) is 71.2 Å². The number of hydrogen-bond acceptors (Lipinski definition) is 6. The van der Waals surface area contributed by atoms with E-state index in [1.807, 2.05) is 30.3 Å². The van der Waals surface area contributed by atoms with Crippen LogP contribution in [0.1, 0.15) is 23.0 Å². The van der Waals surface area contributed by atoms with Gasteiger partial charge in [0.05, 0.1) is 17.6 Å². The normalized spacial score (nSPS) is 10.7. The van der Waals surface area contributed by atoms with Crippen molar-refractivity contribution in [2.75, 3.05) is 10.6 Å². The summed E-state index contributed by atoms with van der Waals surface area (Å²) in [7, 11) is 0. The Morgan fingerprint density at radius 1 is 1.15 bits per heavy atom. The first kappa shape index (κ1) is 18.3. The van der Waals surface area contributed by atoms with Crippen molar-refractivity contribution in [1.29, 1.82) is 0 Å². The molecule has 0 bridgehead atoms. The maximum atomic E-state index is 12.0. The number of benzene rings is 2. The van der Waals surface area contributed by atoms with Gasteiger partial charge in [0.1, 0.15) is 0 Å². The first-order chi connectivity index (χ1) is 13.0. The molecule has 0 saturated carbocycles. The van der Waals surface area contributed by atoms with Gasteiger partial charge in [-0.15, -0.1) is 11.3 Å². The van der Waals surface area contributed by atoms with Gasteiger partial charge in [-0.2, -0.15) is 5.10 Å². The minimum absolute atomic E-state index is 0.143. The molecule has 27 heavy (non-hydrogen) atoms. The minimum atomic E-state index is -0.351. The lowest BCUT2D eigenvalue weighted by molar-refractivity contribution is -0.115. The average molecular weight is 379 g/mol. The van der Waals surface area contributed by atoms with Crippen LogP contribution in [0.15, 0.2) is 65.1 Å². The molecule has 0 atom stereocenters. The van der Waals surface area contributed by atoms with Crippen LogP contribution in [0.25, 0.3) is 0 Å². The van der Waals surface area contributed by atoms with Gasteiger partial charge in [-0.3, -0.25) is 14.5 Å². The third kappa shape index (κ3) is 4.56. The van der Waals surface area contributed by atoms with E-state index in [0.717, 1.165) is 5.69 Å². The molecule has 3 rings (SSSR count). The highest BCUT2D eigenvalue weighted by molar-refractivity contribution is 7.14. The predicted molar refractivity (Wildman–Crippen MR) is 107 cm³/mol. The molecule has 2 amide bonds. The van der Waals surface area contributed by atoms with Crippen molar-refractivity contribution in [2.24, 2.45) is 5.10 Å². The van der Waals surface area contributed by atoms with E-state index in [9.17, 15) is 9.59 Å². The number of para-hydroxylation sites is 1. The molecule has 0 fully saturated rings. The number of aromatic nitrogens is 1. The fourth-order valence-corrected chi connectivity index (χ4v) is 3.14. The van der Waals surface area contributed by atoms with Gasteiger partial charge in [-0.25, -0.2) is 10.4 Å². The van der Waals surface area contributed by atoms with Crippen LogP contribution < -0.4 is 16.1 Å². The Balaban J connectivity index is 1.69. The second-order valence-corrected chi connectivity index (χ2v) is 6.40. The van der Waals surface area contributed by atoms with E-state index in [2.05, 4.69) is 15.5 Å². The van der Waals surface area contributed by atoms with Gasteiger partial charge < -0.3 is 5.73 Å². The molecule has 1 aromatic heterocycles. The van der Waals surface area contributed by atoms with E-state index in [4.69, 9.17) is 5.73 Å². The van der Waals surface area contributed by atoms with E-state index >= 15 is 0 Å². The van der Waals surface area contributed by atoms with E-state index in [-0.39, 0.29) is 11.8 Å².